The van der Waals surface area contributed by atoms with E-state index in [1.165, 1.54) is 0 Å². The number of unbranched alkanes of at least 4 members (excludes halogenated alkanes) is 4. The van der Waals surface area contributed by atoms with Gasteiger partial charge in [-0.3, -0.25) is 0 Å². The van der Waals surface area contributed by atoms with Crippen molar-refractivity contribution in [3.63, 3.8) is 0 Å². The van der Waals surface area contributed by atoms with Crippen molar-refractivity contribution in [2.75, 3.05) is 47.8 Å². The van der Waals surface area contributed by atoms with Crippen LogP contribution in [0.15, 0.2) is 0 Å². The van der Waals surface area contributed by atoms with Crippen molar-refractivity contribution in [2.24, 2.45) is 0 Å². The number of hydrogen-bond donors (Lipinski definition) is 0. The first-order valence-electron chi connectivity index (χ1n) is 11.1. The van der Waals surface area contributed by atoms with Crippen molar-refractivity contribution in [3.8, 4) is 0 Å². The summed E-state index contributed by atoms with van der Waals surface area (Å²) in [5, 5.41) is 0. The molecule has 0 saturated heterocycles. The van der Waals surface area contributed by atoms with Gasteiger partial charge in [0.1, 0.15) is 0 Å². The average molecular weight is 457 g/mol. The number of rotatable bonds is 19. The van der Waals surface area contributed by atoms with Crippen LogP contribution in [0.4, 0.5) is 0 Å². The molecule has 0 bridgehead atoms. The molecule has 0 N–H and O–H groups in total. The molecule has 0 saturated carbocycles. The topological polar surface area (TPSA) is 64.6 Å². The molecule has 0 aromatic carbocycles. The Morgan fingerprint density at radius 2 is 0.724 bits per heavy atom. The summed E-state index contributed by atoms with van der Waals surface area (Å²) in [6, 6.07) is 0. The normalized spacial score (nSPS) is 12.0. The second-order valence-electron chi connectivity index (χ2n) is 6.78. The Morgan fingerprint density at radius 1 is 0.483 bits per heavy atom. The van der Waals surface area contributed by atoms with Crippen molar-refractivity contribution >= 4 is 17.9 Å². The van der Waals surface area contributed by atoms with Gasteiger partial charge in [-0.2, -0.15) is 0 Å². The first-order chi connectivity index (χ1) is 13.9. The molecule has 7 nitrogen and oxygen atoms in total. The fourth-order valence-electron chi connectivity index (χ4n) is 1.87. The van der Waals surface area contributed by atoms with Crippen LogP contribution in [-0.4, -0.2) is 65.6 Å². The van der Waals surface area contributed by atoms with Crippen molar-refractivity contribution in [2.45, 2.75) is 85.6 Å². The molecule has 0 unspecified atom stereocenters. The van der Waals surface area contributed by atoms with E-state index in [9.17, 15) is 0 Å². The fourth-order valence-corrected chi connectivity index (χ4v) is 4.44. The van der Waals surface area contributed by atoms with Gasteiger partial charge in [-0.05, 0) is 25.7 Å². The Kier molecular flexibility index (Phi) is 23.1. The van der Waals surface area contributed by atoms with E-state index in [4.69, 9.17) is 31.0 Å². The zero-order valence-electron chi connectivity index (χ0n) is 20.3. The summed E-state index contributed by atoms with van der Waals surface area (Å²) in [5.41, 5.74) is 0. The van der Waals surface area contributed by atoms with Crippen molar-refractivity contribution in [1.82, 2.24) is 0 Å². The van der Waals surface area contributed by atoms with E-state index in [0.29, 0.717) is 26.4 Å². The van der Waals surface area contributed by atoms with Crippen LogP contribution in [-0.2, 0) is 31.0 Å². The molecule has 0 atom stereocenters. The van der Waals surface area contributed by atoms with E-state index in [0.717, 1.165) is 51.4 Å². The van der Waals surface area contributed by atoms with Crippen LogP contribution in [0.2, 0.25) is 6.55 Å². The minimum atomic E-state index is -2.94. The van der Waals surface area contributed by atoms with Crippen LogP contribution in [0.3, 0.4) is 0 Å². The largest absolute Gasteiger partial charge is 0.679 e. The number of hydrogen-bond acceptors (Lipinski definition) is 7. The molecule has 29 heavy (non-hydrogen) atoms. The molecule has 0 aliphatic carbocycles. The van der Waals surface area contributed by atoms with E-state index in [1.54, 1.807) is 21.3 Å². The van der Waals surface area contributed by atoms with E-state index < -0.39 is 17.9 Å². The Labute approximate surface area is 182 Å². The highest BCUT2D eigenvalue weighted by atomic mass is 28.4. The monoisotopic (exact) mass is 456 g/mol. The Bertz CT molecular complexity index is 278. The van der Waals surface area contributed by atoms with Gasteiger partial charge in [-0.1, -0.05) is 53.4 Å². The molecule has 0 aromatic rings. The van der Waals surface area contributed by atoms with Gasteiger partial charge in [0.25, 0.3) is 0 Å². The van der Waals surface area contributed by atoms with Crippen molar-refractivity contribution in [3.05, 3.63) is 0 Å². The summed E-state index contributed by atoms with van der Waals surface area (Å²) in [6.45, 7) is 13.1. The fraction of sp³-hybridized carbons (Fsp3) is 1.00. The summed E-state index contributed by atoms with van der Waals surface area (Å²) < 4.78 is 38.7. The molecule has 0 heterocycles. The second-order valence-corrected chi connectivity index (χ2v) is 11.9. The Balaban J connectivity index is 0. The summed E-state index contributed by atoms with van der Waals surface area (Å²) in [5.74, 6) is 0. The van der Waals surface area contributed by atoms with E-state index in [-0.39, 0.29) is 0 Å². The Morgan fingerprint density at radius 3 is 0.862 bits per heavy atom. The Hall–Kier alpha value is 0.154. The third-order valence-corrected chi connectivity index (χ3v) is 8.67. The lowest BCUT2D eigenvalue weighted by atomic mass is 10.4. The van der Waals surface area contributed by atoms with Crippen molar-refractivity contribution in [1.29, 1.82) is 0 Å². The van der Waals surface area contributed by atoms with Crippen LogP contribution in [0, 0.1) is 0 Å². The predicted molar refractivity (Wildman–Crippen MR) is 122 cm³/mol. The van der Waals surface area contributed by atoms with Crippen LogP contribution in [0.25, 0.3) is 0 Å². The van der Waals surface area contributed by atoms with E-state index in [2.05, 4.69) is 27.7 Å². The molecule has 0 radical (unpaired) electrons. The molecule has 0 spiro atoms. The average Bonchev–Trinajstić information content (AvgIpc) is 2.74. The van der Waals surface area contributed by atoms with E-state index in [1.807, 2.05) is 6.55 Å². The third-order valence-electron chi connectivity index (χ3n) is 4.22. The SMILES string of the molecule is CCCCO[Si](OCCCC)(OCCCC)OCCCC.CO[Si](C)(OC)OC. The maximum atomic E-state index is 5.98. The summed E-state index contributed by atoms with van der Waals surface area (Å²) in [6.07, 6.45) is 8.46. The standard InChI is InChI=1S/C16H36O4Si.C4H12O3Si/c1-5-9-13-17-21(18-14-10-6-2,19-15-11-7-3)20-16-12-8-4;1-5-8(4,6-2)7-3/h5-16H2,1-4H3;1-4H3. The quantitative estimate of drug-likeness (QED) is 0.196. The molecule has 178 valence electrons. The molecule has 0 fully saturated rings. The van der Waals surface area contributed by atoms with Gasteiger partial charge in [0, 0.05) is 54.3 Å². The minimum Gasteiger partial charge on any atom is -0.377 e. The molecule has 0 aliphatic rings. The van der Waals surface area contributed by atoms with Crippen LogP contribution in [0.5, 0.6) is 0 Å². The van der Waals surface area contributed by atoms with E-state index >= 15 is 0 Å². The van der Waals surface area contributed by atoms with Crippen molar-refractivity contribution < 1.29 is 31.0 Å². The minimum absolute atomic E-state index is 0.660. The van der Waals surface area contributed by atoms with Gasteiger partial charge in [-0.25, -0.2) is 0 Å². The van der Waals surface area contributed by atoms with Gasteiger partial charge in [-0.15, -0.1) is 0 Å². The first kappa shape index (κ1) is 31.3. The zero-order valence-corrected chi connectivity index (χ0v) is 22.3. The molecule has 0 aliphatic heterocycles. The lowest BCUT2D eigenvalue weighted by Crippen LogP contribution is -2.50. The van der Waals surface area contributed by atoms with Gasteiger partial charge in [0.15, 0.2) is 0 Å². The van der Waals surface area contributed by atoms with Crippen LogP contribution in [0.1, 0.15) is 79.1 Å². The second kappa shape index (κ2) is 21.4. The lowest BCUT2D eigenvalue weighted by Gasteiger charge is -2.28. The maximum Gasteiger partial charge on any atom is 0.679 e. The first-order valence-corrected chi connectivity index (χ1v) is 15.0. The molecular weight excluding hydrogens is 408 g/mol. The van der Waals surface area contributed by atoms with Gasteiger partial charge in [0.2, 0.25) is 0 Å². The van der Waals surface area contributed by atoms with Crippen LogP contribution >= 0.6 is 0 Å². The van der Waals surface area contributed by atoms with Gasteiger partial charge in [0.05, 0.1) is 0 Å². The lowest BCUT2D eigenvalue weighted by molar-refractivity contribution is -0.0368. The highest BCUT2D eigenvalue weighted by Crippen LogP contribution is 2.16. The zero-order chi connectivity index (χ0) is 22.4. The molecule has 0 rings (SSSR count). The highest BCUT2D eigenvalue weighted by molar-refractivity contribution is 6.58. The van der Waals surface area contributed by atoms with Gasteiger partial charge >= 0.3 is 17.9 Å². The van der Waals surface area contributed by atoms with Crippen LogP contribution < -0.4 is 0 Å². The predicted octanol–water partition coefficient (Wildman–Crippen LogP) is 5.18. The summed E-state index contributed by atoms with van der Waals surface area (Å²) >= 11 is 0. The summed E-state index contributed by atoms with van der Waals surface area (Å²) in [4.78, 5) is 0. The maximum absolute atomic E-state index is 5.98. The third kappa shape index (κ3) is 17.5. The van der Waals surface area contributed by atoms with Gasteiger partial charge < -0.3 is 31.0 Å². The molecular formula is C20H48O7Si2. The highest BCUT2D eigenvalue weighted by Gasteiger charge is 2.45. The molecule has 0 aromatic heterocycles. The molecule has 9 heteroatoms. The molecule has 0 amide bonds. The summed E-state index contributed by atoms with van der Waals surface area (Å²) in [7, 11) is -0.368. The smallest absolute Gasteiger partial charge is 0.377 e.